The second kappa shape index (κ2) is 4.23. The van der Waals surface area contributed by atoms with Gasteiger partial charge in [-0.2, -0.15) is 0 Å². The van der Waals surface area contributed by atoms with Gasteiger partial charge in [0.2, 0.25) is 0 Å². The second-order valence-corrected chi connectivity index (χ2v) is 3.48. The molecule has 74 valence electrons. The fourth-order valence-electron chi connectivity index (χ4n) is 0.902. The summed E-state index contributed by atoms with van der Waals surface area (Å²) in [6, 6.07) is 6.67. The summed E-state index contributed by atoms with van der Waals surface area (Å²) < 4.78 is 0.582. The molecule has 0 aromatic heterocycles. The molecule has 0 unspecified atom stereocenters. The predicted molar refractivity (Wildman–Crippen MR) is 54.3 cm³/mol. The topological polar surface area (TPSA) is 57.6 Å². The van der Waals surface area contributed by atoms with Crippen molar-refractivity contribution < 1.29 is 14.7 Å². The summed E-state index contributed by atoms with van der Waals surface area (Å²) in [5, 5.41) is 8.59. The lowest BCUT2D eigenvalue weighted by atomic mass is 10.2. The third-order valence-corrected chi connectivity index (χ3v) is 2.39. The number of carboxylic acid groups (broad SMARTS) is 1. The van der Waals surface area contributed by atoms with Crippen molar-refractivity contribution in [3.05, 3.63) is 34.3 Å². The molecule has 2 amide bonds. The lowest BCUT2D eigenvalue weighted by Crippen LogP contribution is -2.31. The largest absolute Gasteiger partial charge is 0.465 e. The summed E-state index contributed by atoms with van der Waals surface area (Å²) in [6.07, 6.45) is -1.27. The Labute approximate surface area is 89.3 Å². The second-order valence-electron chi connectivity index (χ2n) is 2.63. The Morgan fingerprint density at radius 2 is 1.93 bits per heavy atom. The van der Waals surface area contributed by atoms with Crippen molar-refractivity contribution in [3.63, 3.8) is 0 Å². The molecule has 0 aliphatic carbocycles. The van der Waals surface area contributed by atoms with Gasteiger partial charge >= 0.3 is 6.09 Å². The highest BCUT2D eigenvalue weighted by atomic mass is 79.9. The normalized spacial score (nSPS) is 9.57. The zero-order chi connectivity index (χ0) is 10.7. The van der Waals surface area contributed by atoms with E-state index in [-0.39, 0.29) is 0 Å². The minimum Gasteiger partial charge on any atom is -0.465 e. The van der Waals surface area contributed by atoms with Crippen LogP contribution in [0.1, 0.15) is 10.4 Å². The van der Waals surface area contributed by atoms with E-state index in [1.54, 1.807) is 24.3 Å². The van der Waals surface area contributed by atoms with Crippen LogP contribution >= 0.6 is 15.9 Å². The molecule has 14 heavy (non-hydrogen) atoms. The first-order valence-electron chi connectivity index (χ1n) is 3.79. The van der Waals surface area contributed by atoms with E-state index in [0.717, 1.165) is 0 Å². The summed E-state index contributed by atoms with van der Waals surface area (Å²) in [6.45, 7) is 0. The van der Waals surface area contributed by atoms with Crippen LogP contribution in [0.15, 0.2) is 28.7 Å². The van der Waals surface area contributed by atoms with Gasteiger partial charge in [0, 0.05) is 11.5 Å². The molecule has 4 nitrogen and oxygen atoms in total. The van der Waals surface area contributed by atoms with E-state index in [9.17, 15) is 9.59 Å². The molecule has 1 N–H and O–H groups in total. The molecule has 0 aliphatic heterocycles. The average molecular weight is 258 g/mol. The molecule has 0 fully saturated rings. The molecule has 0 heterocycles. The zero-order valence-electron chi connectivity index (χ0n) is 7.40. The standard InChI is InChI=1S/C9H8BrNO3/c1-11(9(13)14)8(12)6-4-2-3-5-7(6)10/h2-5H,1H3,(H,13,14). The number of carbonyl (C=O) groups excluding carboxylic acids is 1. The number of hydrogen-bond acceptors (Lipinski definition) is 2. The maximum absolute atomic E-state index is 11.5. The Morgan fingerprint density at radius 1 is 1.36 bits per heavy atom. The van der Waals surface area contributed by atoms with E-state index in [4.69, 9.17) is 5.11 Å². The average Bonchev–Trinajstić information content (AvgIpc) is 2.16. The molecule has 0 bridgehead atoms. The Morgan fingerprint density at radius 3 is 2.43 bits per heavy atom. The first kappa shape index (κ1) is 10.7. The highest BCUT2D eigenvalue weighted by Crippen LogP contribution is 2.17. The molecular formula is C9H8BrNO3. The van der Waals surface area contributed by atoms with E-state index in [2.05, 4.69) is 15.9 Å². The van der Waals surface area contributed by atoms with E-state index >= 15 is 0 Å². The smallest absolute Gasteiger partial charge is 0.414 e. The maximum atomic E-state index is 11.5. The van der Waals surface area contributed by atoms with Crippen molar-refractivity contribution in [1.29, 1.82) is 0 Å². The van der Waals surface area contributed by atoms with Gasteiger partial charge in [-0.25, -0.2) is 9.69 Å². The van der Waals surface area contributed by atoms with Gasteiger partial charge in [-0.15, -0.1) is 0 Å². The van der Waals surface area contributed by atoms with Crippen molar-refractivity contribution in [2.45, 2.75) is 0 Å². The Hall–Kier alpha value is -1.36. The molecule has 0 saturated heterocycles. The summed E-state index contributed by atoms with van der Waals surface area (Å²) in [4.78, 5) is 22.7. The van der Waals surface area contributed by atoms with Crippen LogP contribution in [0.2, 0.25) is 0 Å². The number of nitrogens with zero attached hydrogens (tertiary/aromatic N) is 1. The third-order valence-electron chi connectivity index (χ3n) is 1.70. The molecule has 0 saturated carbocycles. The van der Waals surface area contributed by atoms with Gasteiger partial charge in [0.05, 0.1) is 5.56 Å². The van der Waals surface area contributed by atoms with Crippen LogP contribution in [0.4, 0.5) is 4.79 Å². The molecule has 5 heteroatoms. The molecule has 1 rings (SSSR count). The molecule has 1 aromatic rings. The van der Waals surface area contributed by atoms with Crippen molar-refractivity contribution >= 4 is 27.9 Å². The Balaban J connectivity index is 3.01. The SMILES string of the molecule is CN(C(=O)O)C(=O)c1ccccc1Br. The number of rotatable bonds is 1. The lowest BCUT2D eigenvalue weighted by Gasteiger charge is -2.11. The van der Waals surface area contributed by atoms with Gasteiger partial charge in [-0.05, 0) is 28.1 Å². The van der Waals surface area contributed by atoms with Crippen LogP contribution in [0.25, 0.3) is 0 Å². The highest BCUT2D eigenvalue weighted by molar-refractivity contribution is 9.10. The van der Waals surface area contributed by atoms with E-state index in [1.807, 2.05) is 0 Å². The quantitative estimate of drug-likeness (QED) is 0.839. The molecule has 0 atom stereocenters. The minimum atomic E-state index is -1.27. The first-order valence-corrected chi connectivity index (χ1v) is 4.59. The molecule has 0 spiro atoms. The van der Waals surface area contributed by atoms with E-state index in [0.29, 0.717) is 14.9 Å². The van der Waals surface area contributed by atoms with Gasteiger partial charge < -0.3 is 5.11 Å². The number of halogens is 1. The van der Waals surface area contributed by atoms with Crippen LogP contribution in [0, 0.1) is 0 Å². The van der Waals surface area contributed by atoms with Gasteiger partial charge in [0.25, 0.3) is 5.91 Å². The van der Waals surface area contributed by atoms with Gasteiger partial charge in [-0.3, -0.25) is 4.79 Å². The lowest BCUT2D eigenvalue weighted by molar-refractivity contribution is 0.0781. The summed E-state index contributed by atoms with van der Waals surface area (Å²) in [5.41, 5.74) is 0.331. The van der Waals surface area contributed by atoms with E-state index < -0.39 is 12.0 Å². The number of carbonyl (C=O) groups is 2. The molecule has 0 radical (unpaired) electrons. The number of amides is 2. The first-order chi connectivity index (χ1) is 6.54. The number of benzene rings is 1. The summed E-state index contributed by atoms with van der Waals surface area (Å²) in [7, 11) is 1.21. The molecular weight excluding hydrogens is 250 g/mol. The maximum Gasteiger partial charge on any atom is 0.414 e. The van der Waals surface area contributed by atoms with Gasteiger partial charge in [-0.1, -0.05) is 12.1 Å². The Kier molecular flexibility index (Phi) is 3.24. The zero-order valence-corrected chi connectivity index (χ0v) is 8.98. The fraction of sp³-hybridized carbons (Fsp3) is 0.111. The van der Waals surface area contributed by atoms with Crippen LogP contribution < -0.4 is 0 Å². The fourth-order valence-corrected chi connectivity index (χ4v) is 1.36. The third kappa shape index (κ3) is 2.11. The van der Waals surface area contributed by atoms with Crippen molar-refractivity contribution in [2.75, 3.05) is 7.05 Å². The summed E-state index contributed by atoms with van der Waals surface area (Å²) >= 11 is 3.17. The minimum absolute atomic E-state index is 0.331. The van der Waals surface area contributed by atoms with Crippen molar-refractivity contribution in [3.8, 4) is 0 Å². The van der Waals surface area contributed by atoms with Crippen LogP contribution in [-0.2, 0) is 0 Å². The van der Waals surface area contributed by atoms with Crippen molar-refractivity contribution in [1.82, 2.24) is 4.90 Å². The predicted octanol–water partition coefficient (Wildman–Crippen LogP) is 2.20. The highest BCUT2D eigenvalue weighted by Gasteiger charge is 2.18. The molecule has 0 aliphatic rings. The van der Waals surface area contributed by atoms with Gasteiger partial charge in [0.15, 0.2) is 0 Å². The number of hydrogen-bond donors (Lipinski definition) is 1. The van der Waals surface area contributed by atoms with Crippen LogP contribution in [0.3, 0.4) is 0 Å². The summed E-state index contributed by atoms with van der Waals surface area (Å²) in [5.74, 6) is -0.551. The van der Waals surface area contributed by atoms with Crippen molar-refractivity contribution in [2.24, 2.45) is 0 Å². The number of imide groups is 1. The Bertz CT molecular complexity index is 378. The molecule has 1 aromatic carbocycles. The van der Waals surface area contributed by atoms with E-state index in [1.165, 1.54) is 7.05 Å². The van der Waals surface area contributed by atoms with Crippen LogP contribution in [-0.4, -0.2) is 29.1 Å². The monoisotopic (exact) mass is 257 g/mol. The van der Waals surface area contributed by atoms with Crippen LogP contribution in [0.5, 0.6) is 0 Å². The van der Waals surface area contributed by atoms with Gasteiger partial charge in [0.1, 0.15) is 0 Å².